The van der Waals surface area contributed by atoms with Gasteiger partial charge >= 0.3 is 17.9 Å². The summed E-state index contributed by atoms with van der Waals surface area (Å²) in [5.74, 6) is -5.69. The summed E-state index contributed by atoms with van der Waals surface area (Å²) in [7, 11) is 0. The highest BCUT2D eigenvalue weighted by molar-refractivity contribution is 5.87. The number of hydrogen-bond donors (Lipinski definition) is 0. The van der Waals surface area contributed by atoms with Crippen LogP contribution in [0.4, 0.5) is 8.78 Å². The Bertz CT molecular complexity index is 475. The zero-order chi connectivity index (χ0) is 16.5. The number of hydrogen-bond acceptors (Lipinski definition) is 4. The topological polar surface area (TPSA) is 52.6 Å². The molecular weight excluding hydrogens is 294 g/mol. The lowest BCUT2D eigenvalue weighted by Crippen LogP contribution is -2.46. The van der Waals surface area contributed by atoms with Crippen molar-refractivity contribution in [2.24, 2.45) is 11.8 Å². The first-order valence-electron chi connectivity index (χ1n) is 7.71. The molecule has 0 aromatic rings. The van der Waals surface area contributed by atoms with E-state index in [1.54, 1.807) is 0 Å². The van der Waals surface area contributed by atoms with E-state index in [4.69, 9.17) is 4.74 Å². The van der Waals surface area contributed by atoms with Gasteiger partial charge in [0, 0.05) is 5.57 Å². The van der Waals surface area contributed by atoms with E-state index in [1.807, 2.05) is 0 Å². The first-order chi connectivity index (χ1) is 10.3. The summed E-state index contributed by atoms with van der Waals surface area (Å²) >= 11 is 0. The minimum absolute atomic E-state index is 0.00993. The lowest BCUT2D eigenvalue weighted by atomic mass is 9.97. The third-order valence-corrected chi connectivity index (χ3v) is 4.58. The maximum Gasteiger partial charge on any atom is 0.381 e. The van der Waals surface area contributed by atoms with Gasteiger partial charge in [-0.2, -0.15) is 8.78 Å². The van der Waals surface area contributed by atoms with E-state index in [-0.39, 0.29) is 17.9 Å². The third kappa shape index (κ3) is 3.31. The quantitative estimate of drug-likeness (QED) is 0.557. The number of fused-ring (bicyclic) bond motifs is 2. The van der Waals surface area contributed by atoms with Crippen LogP contribution >= 0.6 is 0 Å². The molecule has 2 saturated carbocycles. The Morgan fingerprint density at radius 2 is 2.00 bits per heavy atom. The zero-order valence-corrected chi connectivity index (χ0v) is 12.9. The molecule has 0 saturated heterocycles. The van der Waals surface area contributed by atoms with Crippen LogP contribution in [0, 0.1) is 11.8 Å². The standard InChI is InChI=1S/C16H22F2O4/c1-4-13(22-14(19)9(2)3)16(17,18)15(20)21-12-8-10-5-6-11(12)7-10/h10-13H,2,4-8H2,1,3H3. The van der Waals surface area contributed by atoms with E-state index < -0.39 is 30.1 Å². The van der Waals surface area contributed by atoms with Crippen LogP contribution in [-0.2, 0) is 19.1 Å². The molecule has 2 rings (SSSR count). The van der Waals surface area contributed by atoms with Crippen molar-refractivity contribution in [1.29, 1.82) is 0 Å². The first-order valence-corrected chi connectivity index (χ1v) is 7.71. The van der Waals surface area contributed by atoms with Crippen molar-refractivity contribution in [3.05, 3.63) is 12.2 Å². The SMILES string of the molecule is C=C(C)C(=O)OC(CC)C(F)(F)C(=O)OC1CC2CCC1C2. The Morgan fingerprint density at radius 3 is 2.45 bits per heavy atom. The normalized spacial score (nSPS) is 28.3. The van der Waals surface area contributed by atoms with Gasteiger partial charge in [-0.15, -0.1) is 0 Å². The van der Waals surface area contributed by atoms with Crippen molar-refractivity contribution in [3.8, 4) is 0 Å². The molecule has 0 heterocycles. The average Bonchev–Trinajstić information content (AvgIpc) is 3.06. The third-order valence-electron chi connectivity index (χ3n) is 4.58. The van der Waals surface area contributed by atoms with E-state index in [9.17, 15) is 18.4 Å². The molecular formula is C16H22F2O4. The monoisotopic (exact) mass is 316 g/mol. The molecule has 2 aliphatic carbocycles. The number of halogens is 2. The second kappa shape index (κ2) is 6.34. The Labute approximate surface area is 128 Å². The van der Waals surface area contributed by atoms with Crippen molar-refractivity contribution in [1.82, 2.24) is 0 Å². The summed E-state index contributed by atoms with van der Waals surface area (Å²) in [4.78, 5) is 23.3. The number of rotatable bonds is 6. The summed E-state index contributed by atoms with van der Waals surface area (Å²) in [6.07, 6.45) is 1.19. The highest BCUT2D eigenvalue weighted by atomic mass is 19.3. The zero-order valence-electron chi connectivity index (χ0n) is 12.9. The molecule has 2 fully saturated rings. The van der Waals surface area contributed by atoms with E-state index in [1.165, 1.54) is 13.8 Å². The number of carbonyl (C=O) groups is 2. The minimum atomic E-state index is -3.85. The van der Waals surface area contributed by atoms with Crippen molar-refractivity contribution < 1.29 is 27.8 Å². The van der Waals surface area contributed by atoms with Crippen molar-refractivity contribution in [2.45, 2.75) is 64.1 Å². The number of alkyl halides is 2. The second-order valence-corrected chi connectivity index (χ2v) is 6.32. The Morgan fingerprint density at radius 1 is 1.32 bits per heavy atom. The predicted molar refractivity (Wildman–Crippen MR) is 75.3 cm³/mol. The van der Waals surface area contributed by atoms with Crippen LogP contribution in [0.3, 0.4) is 0 Å². The van der Waals surface area contributed by atoms with Gasteiger partial charge in [-0.1, -0.05) is 13.5 Å². The van der Waals surface area contributed by atoms with Gasteiger partial charge in [0.1, 0.15) is 6.10 Å². The van der Waals surface area contributed by atoms with Crippen LogP contribution in [0.5, 0.6) is 0 Å². The predicted octanol–water partition coefficient (Wildman–Crippen LogP) is 3.25. The van der Waals surface area contributed by atoms with Gasteiger partial charge in [-0.25, -0.2) is 9.59 Å². The van der Waals surface area contributed by atoms with Crippen molar-refractivity contribution in [3.63, 3.8) is 0 Å². The maximum absolute atomic E-state index is 14.2. The molecule has 6 heteroatoms. The number of carbonyl (C=O) groups excluding carboxylic acids is 2. The highest BCUT2D eigenvalue weighted by Gasteiger charge is 2.53. The molecule has 22 heavy (non-hydrogen) atoms. The fraction of sp³-hybridized carbons (Fsp3) is 0.750. The van der Waals surface area contributed by atoms with Gasteiger partial charge in [0.05, 0.1) is 0 Å². The van der Waals surface area contributed by atoms with Crippen LogP contribution in [0.25, 0.3) is 0 Å². The van der Waals surface area contributed by atoms with Gasteiger partial charge in [0.2, 0.25) is 0 Å². The smallest absolute Gasteiger partial charge is 0.381 e. The molecule has 124 valence electrons. The lowest BCUT2D eigenvalue weighted by Gasteiger charge is -2.28. The van der Waals surface area contributed by atoms with E-state index in [0.717, 1.165) is 19.3 Å². The summed E-state index contributed by atoms with van der Waals surface area (Å²) in [5, 5.41) is 0. The summed E-state index contributed by atoms with van der Waals surface area (Å²) in [6, 6.07) is 0. The van der Waals surface area contributed by atoms with Gasteiger partial charge < -0.3 is 9.47 Å². The molecule has 4 unspecified atom stereocenters. The highest BCUT2D eigenvalue weighted by Crippen LogP contribution is 2.46. The molecule has 0 aromatic carbocycles. The van der Waals surface area contributed by atoms with Crippen molar-refractivity contribution in [2.75, 3.05) is 0 Å². The van der Waals surface area contributed by atoms with Crippen LogP contribution < -0.4 is 0 Å². The Balaban J connectivity index is 1.98. The Kier molecular flexibility index (Phi) is 4.87. The van der Waals surface area contributed by atoms with Gasteiger partial charge in [-0.05, 0) is 50.9 Å². The summed E-state index contributed by atoms with van der Waals surface area (Å²) in [6.45, 7) is 6.13. The molecule has 0 radical (unpaired) electrons. The fourth-order valence-electron chi connectivity index (χ4n) is 3.32. The minimum Gasteiger partial charge on any atom is -0.458 e. The molecule has 0 amide bonds. The van der Waals surface area contributed by atoms with Crippen LogP contribution in [-0.4, -0.2) is 30.1 Å². The van der Waals surface area contributed by atoms with Gasteiger partial charge in [0.25, 0.3) is 0 Å². The largest absolute Gasteiger partial charge is 0.458 e. The lowest BCUT2D eigenvalue weighted by molar-refractivity contribution is -0.202. The van der Waals surface area contributed by atoms with E-state index in [0.29, 0.717) is 12.3 Å². The van der Waals surface area contributed by atoms with Crippen LogP contribution in [0.2, 0.25) is 0 Å². The van der Waals surface area contributed by atoms with Crippen LogP contribution in [0.15, 0.2) is 12.2 Å². The van der Waals surface area contributed by atoms with E-state index in [2.05, 4.69) is 11.3 Å². The van der Waals surface area contributed by atoms with Crippen molar-refractivity contribution >= 4 is 11.9 Å². The molecule has 0 spiro atoms. The Hall–Kier alpha value is -1.46. The molecule has 0 aromatic heterocycles. The molecule has 0 N–H and O–H groups in total. The molecule has 2 aliphatic rings. The first kappa shape index (κ1) is 16.9. The fourth-order valence-corrected chi connectivity index (χ4v) is 3.32. The van der Waals surface area contributed by atoms with Crippen LogP contribution in [0.1, 0.15) is 46.0 Å². The maximum atomic E-state index is 14.2. The molecule has 2 bridgehead atoms. The van der Waals surface area contributed by atoms with Gasteiger partial charge in [0.15, 0.2) is 6.10 Å². The summed E-state index contributed by atoms with van der Waals surface area (Å²) < 4.78 is 38.2. The average molecular weight is 316 g/mol. The number of esters is 2. The molecule has 4 nitrogen and oxygen atoms in total. The number of ether oxygens (including phenoxy) is 2. The van der Waals surface area contributed by atoms with E-state index >= 15 is 0 Å². The second-order valence-electron chi connectivity index (χ2n) is 6.32. The molecule has 0 aliphatic heterocycles. The molecule has 4 atom stereocenters. The summed E-state index contributed by atoms with van der Waals surface area (Å²) in [5.41, 5.74) is 0.00993. The van der Waals surface area contributed by atoms with Gasteiger partial charge in [-0.3, -0.25) is 0 Å².